The highest BCUT2D eigenvalue weighted by atomic mass is 16.4. The maximum Gasteiger partial charge on any atom is 0.309 e. The summed E-state index contributed by atoms with van der Waals surface area (Å²) >= 11 is 0. The molecule has 172 valence electrons. The first-order valence-electron chi connectivity index (χ1n) is 11.7. The Kier molecular flexibility index (Phi) is 7.09. The summed E-state index contributed by atoms with van der Waals surface area (Å²) in [7, 11) is 0. The average Bonchev–Trinajstić information content (AvgIpc) is 2.82. The van der Waals surface area contributed by atoms with Gasteiger partial charge in [0.25, 0.3) is 0 Å². The van der Waals surface area contributed by atoms with E-state index in [9.17, 15) is 9.90 Å². The number of carboxylic acids is 1. The summed E-state index contributed by atoms with van der Waals surface area (Å²) in [6.07, 6.45) is 4.22. The van der Waals surface area contributed by atoms with Crippen molar-refractivity contribution in [1.82, 2.24) is 10.3 Å². The van der Waals surface area contributed by atoms with Crippen LogP contribution in [-0.2, 0) is 24.1 Å². The van der Waals surface area contributed by atoms with Gasteiger partial charge < -0.3 is 15.7 Å². The molecule has 3 aromatic rings. The van der Waals surface area contributed by atoms with E-state index in [2.05, 4.69) is 64.1 Å². The zero-order chi connectivity index (χ0) is 23.3. The minimum atomic E-state index is -0.770. The van der Waals surface area contributed by atoms with Gasteiger partial charge in [-0.1, -0.05) is 54.6 Å². The number of carbonyl (C=O) groups is 1. The van der Waals surface area contributed by atoms with E-state index in [0.29, 0.717) is 12.3 Å². The average molecular weight is 444 g/mol. The van der Waals surface area contributed by atoms with E-state index in [1.54, 1.807) is 13.8 Å². The second-order valence-electron chi connectivity index (χ2n) is 9.62. The molecule has 2 aromatic carbocycles. The van der Waals surface area contributed by atoms with Crippen LogP contribution in [0.3, 0.4) is 0 Å². The van der Waals surface area contributed by atoms with E-state index in [4.69, 9.17) is 0 Å². The Morgan fingerprint density at radius 1 is 1.12 bits per heavy atom. The van der Waals surface area contributed by atoms with Gasteiger partial charge in [0.05, 0.1) is 16.8 Å². The highest BCUT2D eigenvalue weighted by Gasteiger charge is 2.28. The number of hydrogen-bond donors (Lipinski definition) is 3. The van der Waals surface area contributed by atoms with Gasteiger partial charge in [-0.05, 0) is 68.5 Å². The van der Waals surface area contributed by atoms with Crippen molar-refractivity contribution in [3.05, 3.63) is 95.3 Å². The minimum Gasteiger partial charge on any atom is -0.481 e. The van der Waals surface area contributed by atoms with Crippen LogP contribution in [0.2, 0.25) is 0 Å². The monoisotopic (exact) mass is 443 g/mol. The van der Waals surface area contributed by atoms with Crippen LogP contribution in [-0.4, -0.2) is 29.1 Å². The lowest BCUT2D eigenvalue weighted by atomic mass is 9.85. The molecule has 33 heavy (non-hydrogen) atoms. The number of fused-ring (bicyclic) bond motifs is 1. The molecule has 5 heteroatoms. The first kappa shape index (κ1) is 23.0. The SMILES string of the molecule is CC(C)(Cc1cccc(CCN[C@H](c2ccccc2)[C@H]2CNc3cccnc3C2)c1)C(=O)O. The van der Waals surface area contributed by atoms with Crippen molar-refractivity contribution >= 4 is 11.7 Å². The number of nitrogens with zero attached hydrogens (tertiary/aromatic N) is 1. The molecule has 0 bridgehead atoms. The fourth-order valence-electron chi connectivity index (χ4n) is 4.63. The lowest BCUT2D eigenvalue weighted by Gasteiger charge is -2.33. The molecule has 2 heterocycles. The van der Waals surface area contributed by atoms with Crippen LogP contribution < -0.4 is 10.6 Å². The number of rotatable bonds is 9. The van der Waals surface area contributed by atoms with Crippen molar-refractivity contribution in [2.75, 3.05) is 18.4 Å². The Hall–Kier alpha value is -3.18. The molecule has 3 N–H and O–H groups in total. The van der Waals surface area contributed by atoms with Gasteiger partial charge in [-0.2, -0.15) is 0 Å². The van der Waals surface area contributed by atoms with Gasteiger partial charge in [0.1, 0.15) is 0 Å². The van der Waals surface area contributed by atoms with Crippen LogP contribution in [0.25, 0.3) is 0 Å². The largest absolute Gasteiger partial charge is 0.481 e. The molecule has 2 atom stereocenters. The van der Waals surface area contributed by atoms with Gasteiger partial charge >= 0.3 is 5.97 Å². The third kappa shape index (κ3) is 5.79. The second-order valence-corrected chi connectivity index (χ2v) is 9.62. The van der Waals surface area contributed by atoms with Crippen molar-refractivity contribution < 1.29 is 9.90 Å². The maximum atomic E-state index is 11.5. The van der Waals surface area contributed by atoms with Gasteiger partial charge in [-0.25, -0.2) is 0 Å². The zero-order valence-electron chi connectivity index (χ0n) is 19.4. The van der Waals surface area contributed by atoms with Crippen LogP contribution in [0, 0.1) is 11.3 Å². The third-order valence-electron chi connectivity index (χ3n) is 6.52. The quantitative estimate of drug-likeness (QED) is 0.439. The van der Waals surface area contributed by atoms with E-state index >= 15 is 0 Å². The molecular weight excluding hydrogens is 410 g/mol. The van der Waals surface area contributed by atoms with Crippen LogP contribution in [0.5, 0.6) is 0 Å². The fourth-order valence-corrected chi connectivity index (χ4v) is 4.63. The Morgan fingerprint density at radius 3 is 2.70 bits per heavy atom. The van der Waals surface area contributed by atoms with Crippen LogP contribution in [0.1, 0.15) is 42.3 Å². The molecule has 0 saturated heterocycles. The van der Waals surface area contributed by atoms with E-state index in [-0.39, 0.29) is 6.04 Å². The molecule has 0 fully saturated rings. The normalized spacial score (nSPS) is 16.5. The van der Waals surface area contributed by atoms with Crippen molar-refractivity contribution in [2.24, 2.45) is 11.3 Å². The van der Waals surface area contributed by atoms with Crippen LogP contribution in [0.15, 0.2) is 72.9 Å². The Balaban J connectivity index is 1.43. The van der Waals surface area contributed by atoms with Gasteiger partial charge in [-0.15, -0.1) is 0 Å². The predicted molar refractivity (Wildman–Crippen MR) is 132 cm³/mol. The highest BCUT2D eigenvalue weighted by Crippen LogP contribution is 2.31. The summed E-state index contributed by atoms with van der Waals surface area (Å²) in [6, 6.07) is 23.3. The zero-order valence-corrected chi connectivity index (χ0v) is 19.4. The first-order chi connectivity index (χ1) is 15.9. The topological polar surface area (TPSA) is 74.2 Å². The summed E-state index contributed by atoms with van der Waals surface area (Å²) in [5.41, 5.74) is 5.08. The molecule has 4 rings (SSSR count). The number of anilines is 1. The van der Waals surface area contributed by atoms with Crippen LogP contribution in [0.4, 0.5) is 5.69 Å². The molecule has 0 saturated carbocycles. The molecule has 0 radical (unpaired) electrons. The molecule has 0 unspecified atom stereocenters. The minimum absolute atomic E-state index is 0.225. The number of pyridine rings is 1. The third-order valence-corrected chi connectivity index (χ3v) is 6.52. The summed E-state index contributed by atoms with van der Waals surface area (Å²) in [5.74, 6) is -0.366. The Bertz CT molecular complexity index is 1080. The molecule has 1 aromatic heterocycles. The molecule has 0 amide bonds. The van der Waals surface area contributed by atoms with Gasteiger partial charge in [0, 0.05) is 24.7 Å². The van der Waals surface area contributed by atoms with E-state index in [1.807, 2.05) is 24.4 Å². The Labute approximate surface area is 196 Å². The number of hydrogen-bond acceptors (Lipinski definition) is 4. The lowest BCUT2D eigenvalue weighted by molar-refractivity contribution is -0.146. The van der Waals surface area contributed by atoms with E-state index < -0.39 is 11.4 Å². The van der Waals surface area contributed by atoms with Crippen molar-refractivity contribution in [2.45, 2.75) is 39.2 Å². The number of aromatic nitrogens is 1. The molecule has 1 aliphatic heterocycles. The molecular formula is C28H33N3O2. The lowest BCUT2D eigenvalue weighted by Crippen LogP contribution is -2.37. The van der Waals surface area contributed by atoms with Gasteiger partial charge in [-0.3, -0.25) is 9.78 Å². The molecule has 0 spiro atoms. The van der Waals surface area contributed by atoms with Crippen molar-refractivity contribution in [3.63, 3.8) is 0 Å². The molecule has 0 aliphatic carbocycles. The molecule has 1 aliphatic rings. The predicted octanol–water partition coefficient (Wildman–Crippen LogP) is 4.89. The van der Waals surface area contributed by atoms with Gasteiger partial charge in [0.15, 0.2) is 0 Å². The summed E-state index contributed by atoms with van der Waals surface area (Å²) in [5, 5.41) is 16.8. The maximum absolute atomic E-state index is 11.5. The van der Waals surface area contributed by atoms with Crippen molar-refractivity contribution in [1.29, 1.82) is 0 Å². The Morgan fingerprint density at radius 2 is 1.91 bits per heavy atom. The fraction of sp³-hybridized carbons (Fsp3) is 0.357. The second kappa shape index (κ2) is 10.2. The number of carboxylic acid groups (broad SMARTS) is 1. The smallest absolute Gasteiger partial charge is 0.309 e. The molecule has 5 nitrogen and oxygen atoms in total. The number of benzene rings is 2. The first-order valence-corrected chi connectivity index (χ1v) is 11.7. The highest BCUT2D eigenvalue weighted by molar-refractivity contribution is 5.74. The van der Waals surface area contributed by atoms with E-state index in [1.165, 1.54) is 11.1 Å². The van der Waals surface area contributed by atoms with Crippen molar-refractivity contribution in [3.8, 4) is 0 Å². The number of aliphatic carboxylic acids is 1. The summed E-state index contributed by atoms with van der Waals surface area (Å²) in [4.78, 5) is 16.1. The number of nitrogens with one attached hydrogen (secondary N) is 2. The standard InChI is InChI=1S/C28H33N3O2/c1-28(2,27(32)33)18-21-9-6-8-20(16-21)13-15-30-26(22-10-4-3-5-11-22)23-17-25-24(31-19-23)12-7-14-29-25/h3-12,14,16,23,26,30-31H,13,15,17-19H2,1-2H3,(H,32,33)/t23-,26-/m1/s1. The van der Waals surface area contributed by atoms with Gasteiger partial charge in [0.2, 0.25) is 0 Å². The van der Waals surface area contributed by atoms with E-state index in [0.717, 1.165) is 42.9 Å². The van der Waals surface area contributed by atoms with Crippen LogP contribution >= 0.6 is 0 Å². The summed E-state index contributed by atoms with van der Waals surface area (Å²) in [6.45, 7) is 5.31. The summed E-state index contributed by atoms with van der Waals surface area (Å²) < 4.78 is 0.